The fourth-order valence-corrected chi connectivity index (χ4v) is 3.17. The van der Waals surface area contributed by atoms with Crippen LogP contribution in [0.2, 0.25) is 5.02 Å². The summed E-state index contributed by atoms with van der Waals surface area (Å²) in [5.74, 6) is -0.294. The summed E-state index contributed by atoms with van der Waals surface area (Å²) in [7, 11) is 0. The number of thiophene rings is 1. The van der Waals surface area contributed by atoms with E-state index in [1.165, 1.54) is 11.3 Å². The van der Waals surface area contributed by atoms with Gasteiger partial charge in [-0.15, -0.1) is 11.3 Å². The molecule has 1 N–H and O–H groups in total. The maximum absolute atomic E-state index is 11.8. The Bertz CT molecular complexity index is 565. The summed E-state index contributed by atoms with van der Waals surface area (Å²) >= 11 is 7.60. The summed E-state index contributed by atoms with van der Waals surface area (Å²) in [6, 6.07) is 5.89. The highest BCUT2D eigenvalue weighted by atomic mass is 35.5. The Hall–Kier alpha value is -1.10. The Kier molecular flexibility index (Phi) is 3.66. The van der Waals surface area contributed by atoms with Gasteiger partial charge < -0.3 is 0 Å². The first-order valence-corrected chi connectivity index (χ1v) is 6.44. The smallest absolute Gasteiger partial charge is 0.274 e. The van der Waals surface area contributed by atoms with Crippen LogP contribution in [0.15, 0.2) is 18.2 Å². The van der Waals surface area contributed by atoms with Crippen LogP contribution in [0.4, 0.5) is 0 Å². The molecule has 1 heterocycles. The lowest BCUT2D eigenvalue weighted by Crippen LogP contribution is -2.22. The van der Waals surface area contributed by atoms with E-state index >= 15 is 0 Å². The highest BCUT2D eigenvalue weighted by Gasteiger charge is 2.17. The quantitative estimate of drug-likeness (QED) is 0.866. The lowest BCUT2D eigenvalue weighted by Gasteiger charge is -2.01. The Balaban J connectivity index is 2.46. The van der Waals surface area contributed by atoms with E-state index in [-0.39, 0.29) is 5.91 Å². The molecule has 0 saturated heterocycles. The Morgan fingerprint density at radius 1 is 1.53 bits per heavy atom. The van der Waals surface area contributed by atoms with Crippen molar-refractivity contribution in [3.63, 3.8) is 0 Å². The minimum atomic E-state index is -0.294. The van der Waals surface area contributed by atoms with E-state index in [0.29, 0.717) is 16.5 Å². The molecule has 2 aromatic rings. The van der Waals surface area contributed by atoms with Crippen LogP contribution in [-0.2, 0) is 4.84 Å². The van der Waals surface area contributed by atoms with E-state index in [1.807, 2.05) is 25.1 Å². The van der Waals surface area contributed by atoms with Crippen LogP contribution in [0, 0.1) is 6.92 Å². The van der Waals surface area contributed by atoms with Crippen molar-refractivity contribution in [1.29, 1.82) is 0 Å². The first-order chi connectivity index (χ1) is 8.15. The molecule has 1 amide bonds. The first kappa shape index (κ1) is 12.4. The molecule has 0 radical (unpaired) electrons. The first-order valence-electron chi connectivity index (χ1n) is 5.25. The van der Waals surface area contributed by atoms with Gasteiger partial charge in [-0.3, -0.25) is 9.63 Å². The average molecular weight is 270 g/mol. The molecule has 1 aromatic carbocycles. The molecule has 1 aromatic heterocycles. The number of halogens is 1. The van der Waals surface area contributed by atoms with Crippen LogP contribution >= 0.6 is 22.9 Å². The summed E-state index contributed by atoms with van der Waals surface area (Å²) in [4.78, 5) is 17.2. The van der Waals surface area contributed by atoms with Gasteiger partial charge in [0.1, 0.15) is 4.88 Å². The van der Waals surface area contributed by atoms with Gasteiger partial charge in [0.2, 0.25) is 0 Å². The van der Waals surface area contributed by atoms with E-state index in [1.54, 1.807) is 6.92 Å². The number of fused-ring (bicyclic) bond motifs is 1. The predicted octanol–water partition coefficient (Wildman–Crippen LogP) is 3.54. The number of hydroxylamine groups is 1. The topological polar surface area (TPSA) is 38.3 Å². The number of amides is 1. The number of carbonyl (C=O) groups excluding carboxylic acids is 1. The summed E-state index contributed by atoms with van der Waals surface area (Å²) in [5, 5.41) is 1.45. The van der Waals surface area contributed by atoms with Crippen molar-refractivity contribution >= 4 is 38.9 Å². The predicted molar refractivity (Wildman–Crippen MR) is 70.7 cm³/mol. The molecule has 0 atom stereocenters. The number of rotatable bonds is 3. The van der Waals surface area contributed by atoms with Gasteiger partial charge in [-0.2, -0.15) is 0 Å². The molecule has 0 aliphatic heterocycles. The molecule has 5 heteroatoms. The maximum atomic E-state index is 11.8. The second-order valence-corrected chi connectivity index (χ2v) is 4.99. The van der Waals surface area contributed by atoms with Crippen molar-refractivity contribution in [2.24, 2.45) is 0 Å². The molecule has 0 unspecified atom stereocenters. The monoisotopic (exact) mass is 269 g/mol. The fourth-order valence-electron chi connectivity index (χ4n) is 1.61. The number of aryl methyl sites for hydroxylation is 1. The van der Waals surface area contributed by atoms with Crippen molar-refractivity contribution in [3.05, 3.63) is 33.7 Å². The number of carbonyl (C=O) groups is 1. The molecule has 0 bridgehead atoms. The Morgan fingerprint density at radius 2 is 2.29 bits per heavy atom. The van der Waals surface area contributed by atoms with E-state index in [4.69, 9.17) is 16.4 Å². The molecule has 90 valence electrons. The van der Waals surface area contributed by atoms with E-state index in [2.05, 4.69) is 5.48 Å². The van der Waals surface area contributed by atoms with Crippen LogP contribution in [-0.4, -0.2) is 12.5 Å². The molecule has 17 heavy (non-hydrogen) atoms. The summed E-state index contributed by atoms with van der Waals surface area (Å²) < 4.78 is 1.01. The van der Waals surface area contributed by atoms with Crippen molar-refractivity contribution in [2.45, 2.75) is 13.8 Å². The number of hydrogen-bond donors (Lipinski definition) is 1. The highest BCUT2D eigenvalue weighted by Crippen LogP contribution is 2.37. The van der Waals surface area contributed by atoms with Crippen molar-refractivity contribution in [3.8, 4) is 0 Å². The minimum Gasteiger partial charge on any atom is -0.274 e. The van der Waals surface area contributed by atoms with Crippen LogP contribution in [0.5, 0.6) is 0 Å². The van der Waals surface area contributed by atoms with E-state index in [9.17, 15) is 4.79 Å². The van der Waals surface area contributed by atoms with Crippen molar-refractivity contribution in [2.75, 3.05) is 6.61 Å². The maximum Gasteiger partial charge on any atom is 0.286 e. The summed E-state index contributed by atoms with van der Waals surface area (Å²) in [6.45, 7) is 4.20. The molecular formula is C12H12ClNO2S. The van der Waals surface area contributed by atoms with Crippen molar-refractivity contribution in [1.82, 2.24) is 5.48 Å². The molecule has 0 saturated carbocycles. The molecule has 0 fully saturated rings. The minimum absolute atomic E-state index is 0.294. The molecule has 0 spiro atoms. The molecular weight excluding hydrogens is 258 g/mol. The van der Waals surface area contributed by atoms with Crippen LogP contribution in [0.3, 0.4) is 0 Å². The zero-order valence-corrected chi connectivity index (χ0v) is 11.1. The van der Waals surface area contributed by atoms with Crippen LogP contribution in [0.1, 0.15) is 22.2 Å². The van der Waals surface area contributed by atoms with Crippen LogP contribution < -0.4 is 5.48 Å². The number of hydrogen-bond acceptors (Lipinski definition) is 3. The Morgan fingerprint density at radius 3 is 2.94 bits per heavy atom. The standard InChI is InChI=1S/C12H12ClNO2S/c1-3-16-14-12(15)11-10(13)9-7(2)5-4-6-8(9)17-11/h4-6H,3H2,1-2H3,(H,14,15). The number of nitrogens with one attached hydrogen (secondary N) is 1. The largest absolute Gasteiger partial charge is 0.286 e. The van der Waals surface area contributed by atoms with Gasteiger partial charge in [0.05, 0.1) is 11.6 Å². The van der Waals surface area contributed by atoms with E-state index in [0.717, 1.165) is 15.6 Å². The van der Waals surface area contributed by atoms with Crippen LogP contribution in [0.25, 0.3) is 10.1 Å². The lowest BCUT2D eigenvalue weighted by molar-refractivity contribution is 0.0368. The second kappa shape index (κ2) is 5.04. The van der Waals surface area contributed by atoms with Gasteiger partial charge in [0.15, 0.2) is 0 Å². The van der Waals surface area contributed by atoms with Gasteiger partial charge >= 0.3 is 0 Å². The van der Waals surface area contributed by atoms with Gasteiger partial charge in [0, 0.05) is 10.1 Å². The average Bonchev–Trinajstić information content (AvgIpc) is 2.65. The summed E-state index contributed by atoms with van der Waals surface area (Å²) in [6.07, 6.45) is 0. The highest BCUT2D eigenvalue weighted by molar-refractivity contribution is 7.21. The zero-order valence-electron chi connectivity index (χ0n) is 9.54. The van der Waals surface area contributed by atoms with Gasteiger partial charge in [-0.1, -0.05) is 23.7 Å². The second-order valence-electron chi connectivity index (χ2n) is 3.56. The molecule has 0 aliphatic carbocycles. The normalized spacial score (nSPS) is 10.8. The van der Waals surface area contributed by atoms with Gasteiger partial charge in [-0.05, 0) is 25.5 Å². The Labute approximate surface area is 108 Å². The SMILES string of the molecule is CCONC(=O)c1sc2cccc(C)c2c1Cl. The third kappa shape index (κ3) is 2.29. The lowest BCUT2D eigenvalue weighted by atomic mass is 10.1. The molecule has 3 nitrogen and oxygen atoms in total. The molecule has 0 aliphatic rings. The third-order valence-electron chi connectivity index (χ3n) is 2.38. The van der Waals surface area contributed by atoms with Crippen molar-refractivity contribution < 1.29 is 9.63 Å². The fraction of sp³-hybridized carbons (Fsp3) is 0.250. The van der Waals surface area contributed by atoms with E-state index < -0.39 is 0 Å². The zero-order chi connectivity index (χ0) is 12.4. The molecule has 2 rings (SSSR count). The number of benzene rings is 1. The summed E-state index contributed by atoms with van der Waals surface area (Å²) in [5.41, 5.74) is 3.43. The third-order valence-corrected chi connectivity index (χ3v) is 4.02. The van der Waals surface area contributed by atoms with Gasteiger partial charge in [0.25, 0.3) is 5.91 Å². The van der Waals surface area contributed by atoms with Gasteiger partial charge in [-0.25, -0.2) is 5.48 Å².